The minimum Gasteiger partial charge on any atom is -0.309 e. The Morgan fingerprint density at radius 2 is 1.84 bits per heavy atom. The van der Waals surface area contributed by atoms with Crippen LogP contribution in [0.15, 0.2) is 42.5 Å². The number of hydrogen-bond acceptors (Lipinski definition) is 4. The predicted octanol–water partition coefficient (Wildman–Crippen LogP) is 5.60. The highest BCUT2D eigenvalue weighted by Gasteiger charge is 2.29. The van der Waals surface area contributed by atoms with Crippen LogP contribution < -0.4 is 4.90 Å². The summed E-state index contributed by atoms with van der Waals surface area (Å²) in [5.41, 5.74) is 2.94. The van der Waals surface area contributed by atoms with Crippen LogP contribution in [-0.2, 0) is 11.3 Å². The Bertz CT molecular complexity index is 922. The number of nitrogens with zero attached hydrogens (tertiary/aromatic N) is 3. The molecule has 1 fully saturated rings. The van der Waals surface area contributed by atoms with Gasteiger partial charge in [0.2, 0.25) is 5.91 Å². The minimum atomic E-state index is -0.397. The first-order valence-corrected chi connectivity index (χ1v) is 11.2. The van der Waals surface area contributed by atoms with Crippen molar-refractivity contribution in [2.75, 3.05) is 18.0 Å². The van der Waals surface area contributed by atoms with Crippen molar-refractivity contribution in [3.05, 3.63) is 68.7 Å². The first kappa shape index (κ1) is 23.2. The molecule has 1 aliphatic heterocycles. The standard InChI is InChI=1S/C24H30ClN3O3/c1-17(2)14-24(29)27(20-6-4-18(3)5-7-20)21-10-12-26(13-11-21)16-19-15-22(28(30)31)8-9-23(19)25/h4-9,15,17,21H,10-14,16H2,1-3H3. The summed E-state index contributed by atoms with van der Waals surface area (Å²) in [6.45, 7) is 8.36. The maximum atomic E-state index is 13.1. The fraction of sp³-hybridized carbons (Fsp3) is 0.458. The molecule has 1 saturated heterocycles. The van der Waals surface area contributed by atoms with Crippen molar-refractivity contribution in [3.8, 4) is 0 Å². The van der Waals surface area contributed by atoms with Crippen LogP contribution in [0.1, 0.15) is 44.2 Å². The topological polar surface area (TPSA) is 66.7 Å². The fourth-order valence-corrected chi connectivity index (χ4v) is 4.26. The van der Waals surface area contributed by atoms with E-state index in [2.05, 4.69) is 18.7 Å². The number of rotatable bonds is 7. The molecule has 0 unspecified atom stereocenters. The Hall–Kier alpha value is -2.44. The third-order valence-electron chi connectivity index (χ3n) is 5.72. The third-order valence-corrected chi connectivity index (χ3v) is 6.09. The van der Waals surface area contributed by atoms with Crippen LogP contribution in [0.5, 0.6) is 0 Å². The second-order valence-corrected chi connectivity index (χ2v) is 9.14. The summed E-state index contributed by atoms with van der Waals surface area (Å²) in [4.78, 5) is 28.0. The highest BCUT2D eigenvalue weighted by Crippen LogP contribution is 2.28. The summed E-state index contributed by atoms with van der Waals surface area (Å²) in [6.07, 6.45) is 2.23. The number of likely N-dealkylation sites (tertiary alicyclic amines) is 1. The lowest BCUT2D eigenvalue weighted by Gasteiger charge is -2.39. The molecular formula is C24H30ClN3O3. The lowest BCUT2D eigenvalue weighted by Crippen LogP contribution is -2.47. The summed E-state index contributed by atoms with van der Waals surface area (Å²) in [6, 6.07) is 12.9. The molecule has 3 rings (SSSR count). The van der Waals surface area contributed by atoms with Crippen molar-refractivity contribution in [2.45, 2.75) is 52.6 Å². The number of carbonyl (C=O) groups is 1. The number of aryl methyl sites for hydroxylation is 1. The Morgan fingerprint density at radius 1 is 1.19 bits per heavy atom. The van der Waals surface area contributed by atoms with Gasteiger partial charge in [-0.2, -0.15) is 0 Å². The quantitative estimate of drug-likeness (QED) is 0.412. The van der Waals surface area contributed by atoms with E-state index >= 15 is 0 Å². The van der Waals surface area contributed by atoms with E-state index in [0.717, 1.165) is 37.2 Å². The number of anilines is 1. The molecule has 2 aromatic carbocycles. The van der Waals surface area contributed by atoms with Crippen molar-refractivity contribution < 1.29 is 9.72 Å². The minimum absolute atomic E-state index is 0.0547. The molecular weight excluding hydrogens is 414 g/mol. The van der Waals surface area contributed by atoms with Crippen LogP contribution in [0.4, 0.5) is 11.4 Å². The summed E-state index contributed by atoms with van der Waals surface area (Å²) in [5, 5.41) is 11.6. The van der Waals surface area contributed by atoms with Crippen LogP contribution >= 0.6 is 11.6 Å². The molecule has 0 aromatic heterocycles. The number of benzene rings is 2. The summed E-state index contributed by atoms with van der Waals surface area (Å²) in [5.74, 6) is 0.468. The van der Waals surface area contributed by atoms with Gasteiger partial charge in [-0.25, -0.2) is 0 Å². The second kappa shape index (κ2) is 10.2. The SMILES string of the molecule is Cc1ccc(N(C(=O)CC(C)C)C2CCN(Cc3cc([N+](=O)[O-])ccc3Cl)CC2)cc1. The number of halogens is 1. The zero-order valence-electron chi connectivity index (χ0n) is 18.4. The van der Waals surface area contributed by atoms with Gasteiger partial charge in [-0.3, -0.25) is 19.8 Å². The molecule has 2 aromatic rings. The van der Waals surface area contributed by atoms with E-state index in [1.165, 1.54) is 11.6 Å². The van der Waals surface area contributed by atoms with Crippen LogP contribution in [0.2, 0.25) is 5.02 Å². The summed E-state index contributed by atoms with van der Waals surface area (Å²) >= 11 is 6.28. The summed E-state index contributed by atoms with van der Waals surface area (Å²) < 4.78 is 0. The van der Waals surface area contributed by atoms with E-state index < -0.39 is 4.92 Å². The molecule has 6 nitrogen and oxygen atoms in total. The molecule has 31 heavy (non-hydrogen) atoms. The molecule has 0 aliphatic carbocycles. The monoisotopic (exact) mass is 443 g/mol. The fourth-order valence-electron chi connectivity index (χ4n) is 4.08. The number of amides is 1. The van der Waals surface area contributed by atoms with Gasteiger partial charge in [-0.05, 0) is 49.4 Å². The molecule has 1 amide bonds. The number of carbonyl (C=O) groups excluding carboxylic acids is 1. The molecule has 0 bridgehead atoms. The molecule has 0 spiro atoms. The van der Waals surface area contributed by atoms with Crippen LogP contribution in [0.25, 0.3) is 0 Å². The van der Waals surface area contributed by atoms with E-state index in [4.69, 9.17) is 11.6 Å². The summed E-state index contributed by atoms with van der Waals surface area (Å²) in [7, 11) is 0. The Labute approximate surface area is 188 Å². The molecule has 0 saturated carbocycles. The van der Waals surface area contributed by atoms with Gasteiger partial charge in [-0.15, -0.1) is 0 Å². The van der Waals surface area contributed by atoms with Crippen LogP contribution in [0.3, 0.4) is 0 Å². The normalized spacial score (nSPS) is 15.3. The number of hydrogen-bond donors (Lipinski definition) is 0. The van der Waals surface area contributed by atoms with Crippen molar-refractivity contribution in [1.29, 1.82) is 0 Å². The molecule has 166 valence electrons. The average molecular weight is 444 g/mol. The maximum absolute atomic E-state index is 13.1. The Morgan fingerprint density at radius 3 is 2.42 bits per heavy atom. The van der Waals surface area contributed by atoms with E-state index in [1.54, 1.807) is 12.1 Å². The van der Waals surface area contributed by atoms with Crippen molar-refractivity contribution in [1.82, 2.24) is 4.90 Å². The molecule has 1 aliphatic rings. The predicted molar refractivity (Wildman–Crippen MR) is 125 cm³/mol. The van der Waals surface area contributed by atoms with Gasteiger partial charge < -0.3 is 4.90 Å². The molecule has 0 atom stereocenters. The molecule has 7 heteroatoms. The van der Waals surface area contributed by atoms with Crippen molar-refractivity contribution >= 4 is 28.9 Å². The van der Waals surface area contributed by atoms with Gasteiger partial charge in [-0.1, -0.05) is 43.1 Å². The molecule has 0 radical (unpaired) electrons. The molecule has 1 heterocycles. The van der Waals surface area contributed by atoms with Crippen LogP contribution in [0, 0.1) is 23.0 Å². The van der Waals surface area contributed by atoms with E-state index in [9.17, 15) is 14.9 Å². The Kier molecular flexibility index (Phi) is 7.68. The number of nitro groups is 1. The van der Waals surface area contributed by atoms with Gasteiger partial charge in [0.1, 0.15) is 0 Å². The Balaban J connectivity index is 1.70. The number of non-ortho nitro benzene ring substituents is 1. The zero-order chi connectivity index (χ0) is 22.5. The van der Waals surface area contributed by atoms with Crippen molar-refractivity contribution in [3.63, 3.8) is 0 Å². The van der Waals surface area contributed by atoms with E-state index in [0.29, 0.717) is 23.9 Å². The average Bonchev–Trinajstić information content (AvgIpc) is 2.72. The van der Waals surface area contributed by atoms with E-state index in [1.807, 2.05) is 36.1 Å². The van der Waals surface area contributed by atoms with Gasteiger partial charge in [0, 0.05) is 54.9 Å². The van der Waals surface area contributed by atoms with Gasteiger partial charge in [0.05, 0.1) is 4.92 Å². The largest absolute Gasteiger partial charge is 0.309 e. The van der Waals surface area contributed by atoms with Crippen LogP contribution in [-0.4, -0.2) is 34.9 Å². The first-order valence-electron chi connectivity index (χ1n) is 10.8. The highest BCUT2D eigenvalue weighted by molar-refractivity contribution is 6.31. The van der Waals surface area contributed by atoms with Gasteiger partial charge in [0.15, 0.2) is 0 Å². The van der Waals surface area contributed by atoms with Gasteiger partial charge >= 0.3 is 0 Å². The maximum Gasteiger partial charge on any atom is 0.269 e. The highest BCUT2D eigenvalue weighted by atomic mass is 35.5. The third kappa shape index (κ3) is 6.05. The lowest BCUT2D eigenvalue weighted by atomic mass is 9.99. The smallest absolute Gasteiger partial charge is 0.269 e. The first-order chi connectivity index (χ1) is 14.7. The molecule has 0 N–H and O–H groups in total. The lowest BCUT2D eigenvalue weighted by molar-refractivity contribution is -0.384. The number of nitro benzene ring substituents is 1. The second-order valence-electron chi connectivity index (χ2n) is 8.74. The van der Waals surface area contributed by atoms with Crippen molar-refractivity contribution in [2.24, 2.45) is 5.92 Å². The zero-order valence-corrected chi connectivity index (χ0v) is 19.1. The van der Waals surface area contributed by atoms with Gasteiger partial charge in [0.25, 0.3) is 5.69 Å². The van der Waals surface area contributed by atoms with E-state index in [-0.39, 0.29) is 17.6 Å². The number of piperidine rings is 1.